The zero-order chi connectivity index (χ0) is 13.7. The molecule has 0 atom stereocenters. The summed E-state index contributed by atoms with van der Waals surface area (Å²) in [5, 5.41) is 19.6. The summed E-state index contributed by atoms with van der Waals surface area (Å²) in [5.74, 6) is -0.276. The lowest BCUT2D eigenvalue weighted by molar-refractivity contribution is -0.136. The zero-order valence-corrected chi connectivity index (χ0v) is 11.6. The van der Waals surface area contributed by atoms with Gasteiger partial charge >= 0.3 is 5.97 Å². The minimum absolute atomic E-state index is 0.0493. The number of carbonyl (C=O) groups is 1. The van der Waals surface area contributed by atoms with Crippen LogP contribution in [-0.4, -0.2) is 27.8 Å². The molecule has 0 unspecified atom stereocenters. The highest BCUT2D eigenvalue weighted by Gasteiger charge is 2.04. The monoisotopic (exact) mass is 321 g/mol. The number of carboxylic acid groups (broad SMARTS) is 1. The maximum atomic E-state index is 10.4. The number of aliphatic carboxylic acids is 1. The molecule has 6 heteroatoms. The molecule has 0 radical (unpaired) electrons. The molecule has 0 saturated carbocycles. The van der Waals surface area contributed by atoms with Gasteiger partial charge in [-0.1, -0.05) is 34.1 Å². The quantitative estimate of drug-likeness (QED) is 0.885. The second-order valence-electron chi connectivity index (χ2n) is 3.85. The Labute approximate surface area is 118 Å². The molecule has 0 aliphatic rings. The van der Waals surface area contributed by atoms with Gasteiger partial charge in [-0.05, 0) is 18.2 Å². The van der Waals surface area contributed by atoms with Crippen LogP contribution in [0.5, 0.6) is 0 Å². The summed E-state index contributed by atoms with van der Waals surface area (Å²) in [6.07, 6.45) is 0.0493. The molecule has 1 heterocycles. The smallest absolute Gasteiger partial charge is 0.305 e. The molecule has 0 saturated heterocycles. The van der Waals surface area contributed by atoms with Crippen molar-refractivity contribution in [3.05, 3.63) is 40.9 Å². The number of rotatable bonds is 5. The van der Waals surface area contributed by atoms with Crippen molar-refractivity contribution >= 4 is 27.7 Å². The van der Waals surface area contributed by atoms with Crippen molar-refractivity contribution in [2.45, 2.75) is 6.42 Å². The molecule has 0 fully saturated rings. The molecule has 98 valence electrons. The Balaban J connectivity index is 2.06. The van der Waals surface area contributed by atoms with Gasteiger partial charge in [0, 0.05) is 16.6 Å². The third-order valence-corrected chi connectivity index (χ3v) is 3.15. The van der Waals surface area contributed by atoms with Crippen molar-refractivity contribution in [3.8, 4) is 11.3 Å². The van der Waals surface area contributed by atoms with Crippen LogP contribution in [-0.2, 0) is 4.79 Å². The summed E-state index contributed by atoms with van der Waals surface area (Å²) in [5.41, 5.74) is 1.73. The van der Waals surface area contributed by atoms with E-state index in [-0.39, 0.29) is 6.42 Å². The topological polar surface area (TPSA) is 75.1 Å². The third kappa shape index (κ3) is 3.75. The zero-order valence-electron chi connectivity index (χ0n) is 10.0. The summed E-state index contributed by atoms with van der Waals surface area (Å²) < 4.78 is 0.955. The highest BCUT2D eigenvalue weighted by molar-refractivity contribution is 9.10. The molecule has 5 nitrogen and oxygen atoms in total. The Morgan fingerprint density at radius 3 is 2.63 bits per heavy atom. The van der Waals surface area contributed by atoms with Gasteiger partial charge in [0.15, 0.2) is 0 Å². The number of anilines is 1. The summed E-state index contributed by atoms with van der Waals surface area (Å²) in [7, 11) is 0. The number of halogens is 1. The van der Waals surface area contributed by atoms with Gasteiger partial charge in [-0.3, -0.25) is 4.79 Å². The second kappa shape index (κ2) is 6.29. The second-order valence-corrected chi connectivity index (χ2v) is 4.71. The number of nitrogens with zero attached hydrogens (tertiary/aromatic N) is 2. The lowest BCUT2D eigenvalue weighted by Gasteiger charge is -2.05. The van der Waals surface area contributed by atoms with Crippen LogP contribution in [0.4, 0.5) is 5.82 Å². The van der Waals surface area contributed by atoms with Crippen LogP contribution in [0.25, 0.3) is 11.3 Å². The number of hydrogen-bond donors (Lipinski definition) is 2. The molecule has 0 aliphatic carbocycles. The number of hydrogen-bond acceptors (Lipinski definition) is 4. The van der Waals surface area contributed by atoms with Crippen LogP contribution >= 0.6 is 15.9 Å². The van der Waals surface area contributed by atoms with Crippen molar-refractivity contribution in [3.63, 3.8) is 0 Å². The Bertz CT molecular complexity index is 572. The van der Waals surface area contributed by atoms with Crippen LogP contribution in [0.2, 0.25) is 0 Å². The largest absolute Gasteiger partial charge is 0.481 e. The van der Waals surface area contributed by atoms with Gasteiger partial charge < -0.3 is 10.4 Å². The van der Waals surface area contributed by atoms with E-state index >= 15 is 0 Å². The van der Waals surface area contributed by atoms with Crippen LogP contribution in [0.3, 0.4) is 0 Å². The average Bonchev–Trinajstić information content (AvgIpc) is 2.40. The summed E-state index contributed by atoms with van der Waals surface area (Å²) in [6, 6.07) is 11.4. The van der Waals surface area contributed by atoms with E-state index in [2.05, 4.69) is 31.4 Å². The predicted octanol–water partition coefficient (Wildman–Crippen LogP) is 2.79. The molecular formula is C13H12BrN3O2. The first kappa shape index (κ1) is 13.5. The van der Waals surface area contributed by atoms with E-state index in [1.807, 2.05) is 30.3 Å². The Kier molecular flexibility index (Phi) is 4.46. The average molecular weight is 322 g/mol. The minimum Gasteiger partial charge on any atom is -0.481 e. The SMILES string of the molecule is O=C(O)CCNc1ccc(-c2ccccc2Br)nn1. The maximum Gasteiger partial charge on any atom is 0.305 e. The Morgan fingerprint density at radius 1 is 1.21 bits per heavy atom. The molecule has 2 rings (SSSR count). The lowest BCUT2D eigenvalue weighted by Crippen LogP contribution is -2.09. The standard InChI is InChI=1S/C13H12BrN3O2/c14-10-4-2-1-3-9(10)11-5-6-12(17-16-11)15-8-7-13(18)19/h1-6H,7-8H2,(H,15,17)(H,18,19). The molecule has 0 spiro atoms. The Hall–Kier alpha value is -1.95. The molecule has 0 bridgehead atoms. The first-order chi connectivity index (χ1) is 9.16. The molecule has 0 amide bonds. The van der Waals surface area contributed by atoms with E-state index in [0.717, 1.165) is 15.7 Å². The summed E-state index contributed by atoms with van der Waals surface area (Å²) in [4.78, 5) is 10.4. The summed E-state index contributed by atoms with van der Waals surface area (Å²) >= 11 is 3.46. The fraction of sp³-hybridized carbons (Fsp3) is 0.154. The van der Waals surface area contributed by atoms with E-state index in [4.69, 9.17) is 5.11 Å². The van der Waals surface area contributed by atoms with Crippen LogP contribution in [0, 0.1) is 0 Å². The minimum atomic E-state index is -0.842. The number of benzene rings is 1. The first-order valence-electron chi connectivity index (χ1n) is 5.71. The molecule has 2 aromatic rings. The van der Waals surface area contributed by atoms with E-state index in [1.165, 1.54) is 0 Å². The number of carboxylic acids is 1. The van der Waals surface area contributed by atoms with Crippen molar-refractivity contribution in [2.75, 3.05) is 11.9 Å². The molecular weight excluding hydrogens is 310 g/mol. The van der Waals surface area contributed by atoms with Crippen molar-refractivity contribution in [1.82, 2.24) is 10.2 Å². The highest BCUT2D eigenvalue weighted by Crippen LogP contribution is 2.25. The van der Waals surface area contributed by atoms with Crippen molar-refractivity contribution in [1.29, 1.82) is 0 Å². The Morgan fingerprint density at radius 2 is 2.00 bits per heavy atom. The van der Waals surface area contributed by atoms with E-state index < -0.39 is 5.97 Å². The van der Waals surface area contributed by atoms with Crippen LogP contribution in [0.15, 0.2) is 40.9 Å². The first-order valence-corrected chi connectivity index (χ1v) is 6.50. The van der Waals surface area contributed by atoms with E-state index in [9.17, 15) is 4.79 Å². The van der Waals surface area contributed by atoms with Gasteiger partial charge in [0.25, 0.3) is 0 Å². The van der Waals surface area contributed by atoms with Crippen molar-refractivity contribution in [2.24, 2.45) is 0 Å². The number of nitrogens with one attached hydrogen (secondary N) is 1. The van der Waals surface area contributed by atoms with Gasteiger partial charge in [0.2, 0.25) is 0 Å². The van der Waals surface area contributed by atoms with Crippen LogP contribution < -0.4 is 5.32 Å². The normalized spacial score (nSPS) is 10.2. The molecule has 2 N–H and O–H groups in total. The molecule has 1 aromatic carbocycles. The van der Waals surface area contributed by atoms with Gasteiger partial charge in [0.1, 0.15) is 5.82 Å². The van der Waals surface area contributed by atoms with Crippen LogP contribution in [0.1, 0.15) is 6.42 Å². The lowest BCUT2D eigenvalue weighted by atomic mass is 10.1. The number of aromatic nitrogens is 2. The fourth-order valence-corrected chi connectivity index (χ4v) is 2.02. The predicted molar refractivity (Wildman–Crippen MR) is 75.9 cm³/mol. The molecule has 0 aliphatic heterocycles. The van der Waals surface area contributed by atoms with Gasteiger partial charge in [-0.25, -0.2) is 0 Å². The van der Waals surface area contributed by atoms with Crippen molar-refractivity contribution < 1.29 is 9.90 Å². The maximum absolute atomic E-state index is 10.4. The highest BCUT2D eigenvalue weighted by atomic mass is 79.9. The molecule has 19 heavy (non-hydrogen) atoms. The fourth-order valence-electron chi connectivity index (χ4n) is 1.54. The summed E-state index contributed by atoms with van der Waals surface area (Å²) in [6.45, 7) is 0.332. The third-order valence-electron chi connectivity index (χ3n) is 2.46. The van der Waals surface area contributed by atoms with Gasteiger partial charge in [-0.15, -0.1) is 10.2 Å². The molecule has 1 aromatic heterocycles. The van der Waals surface area contributed by atoms with E-state index in [0.29, 0.717) is 12.4 Å². The van der Waals surface area contributed by atoms with Gasteiger partial charge in [0.05, 0.1) is 12.1 Å². The van der Waals surface area contributed by atoms with Gasteiger partial charge in [-0.2, -0.15) is 0 Å². The van der Waals surface area contributed by atoms with E-state index in [1.54, 1.807) is 6.07 Å².